The largest absolute Gasteiger partial charge is 0.311 e. The molecule has 82 heavy (non-hydrogen) atoms. The first kappa shape index (κ1) is 48.3. The lowest BCUT2D eigenvalue weighted by atomic mass is 9.84. The Balaban J connectivity index is 0.844. The third-order valence-electron chi connectivity index (χ3n) is 16.4. The van der Waals surface area contributed by atoms with Crippen molar-refractivity contribution in [1.82, 2.24) is 4.57 Å². The molecule has 15 rings (SSSR count). The Bertz CT molecular complexity index is 4610. The number of hydrogen-bond donors (Lipinski definition) is 0. The SMILES string of the molecule is c1ccc(-c2ccccc2-c2ccc3c(c2)c2cc(-c4ccccc4-c4ccccc4)ccc2n3-c2ccc(N(c3ccccc3)c3ccc(-c4c5ccccc5c(-c5ccccc5-c5ccccc5)c5ccccc45)cc3)cc2)cc1. The van der Waals surface area contributed by atoms with Gasteiger partial charge in [-0.25, -0.2) is 0 Å². The van der Waals surface area contributed by atoms with E-state index in [1.165, 1.54) is 110 Å². The van der Waals surface area contributed by atoms with Crippen LogP contribution in [0.5, 0.6) is 0 Å². The maximum atomic E-state index is 2.44. The molecule has 2 nitrogen and oxygen atoms in total. The average Bonchev–Trinajstić information content (AvgIpc) is 3.28. The van der Waals surface area contributed by atoms with Gasteiger partial charge >= 0.3 is 0 Å². The maximum absolute atomic E-state index is 2.44. The number of aromatic nitrogens is 1. The summed E-state index contributed by atoms with van der Waals surface area (Å²) >= 11 is 0. The van der Waals surface area contributed by atoms with Crippen molar-refractivity contribution in [3.63, 3.8) is 0 Å². The normalized spacial score (nSPS) is 11.4. The first-order chi connectivity index (χ1) is 40.7. The molecule has 0 atom stereocenters. The molecule has 0 bridgehead atoms. The molecule has 0 fully saturated rings. The number of anilines is 3. The van der Waals surface area contributed by atoms with Crippen LogP contribution in [0.3, 0.4) is 0 Å². The number of nitrogens with zero attached hydrogens (tertiary/aromatic N) is 2. The summed E-state index contributed by atoms with van der Waals surface area (Å²) in [5.74, 6) is 0. The van der Waals surface area contributed by atoms with Gasteiger partial charge in [-0.15, -0.1) is 0 Å². The fraction of sp³-hybridized carbons (Fsp3) is 0. The van der Waals surface area contributed by atoms with Gasteiger partial charge in [0.2, 0.25) is 0 Å². The van der Waals surface area contributed by atoms with Gasteiger partial charge in [-0.05, 0) is 172 Å². The summed E-state index contributed by atoms with van der Waals surface area (Å²) in [7, 11) is 0. The predicted octanol–water partition coefficient (Wildman–Crippen LogP) is 22.2. The summed E-state index contributed by atoms with van der Waals surface area (Å²) in [6.45, 7) is 0. The van der Waals surface area contributed by atoms with Crippen LogP contribution in [0, 0.1) is 0 Å². The van der Waals surface area contributed by atoms with Crippen molar-refractivity contribution >= 4 is 60.4 Å². The van der Waals surface area contributed by atoms with Gasteiger partial charge in [0.05, 0.1) is 11.0 Å². The highest BCUT2D eigenvalue weighted by Gasteiger charge is 2.22. The highest BCUT2D eigenvalue weighted by atomic mass is 15.1. The molecule has 1 aromatic heterocycles. The molecule has 0 saturated carbocycles. The molecule has 0 unspecified atom stereocenters. The van der Waals surface area contributed by atoms with E-state index in [4.69, 9.17) is 0 Å². The zero-order chi connectivity index (χ0) is 54.3. The van der Waals surface area contributed by atoms with Crippen LogP contribution >= 0.6 is 0 Å². The summed E-state index contributed by atoms with van der Waals surface area (Å²) < 4.78 is 2.44. The lowest BCUT2D eigenvalue weighted by Crippen LogP contribution is -2.10. The Morgan fingerprint density at radius 1 is 0.195 bits per heavy atom. The smallest absolute Gasteiger partial charge is 0.0541 e. The summed E-state index contributed by atoms with van der Waals surface area (Å²) in [5, 5.41) is 7.34. The molecule has 2 heteroatoms. The van der Waals surface area contributed by atoms with E-state index >= 15 is 0 Å². The molecule has 0 aliphatic heterocycles. The molecule has 0 aliphatic carbocycles. The van der Waals surface area contributed by atoms with Crippen molar-refractivity contribution < 1.29 is 0 Å². The summed E-state index contributed by atoms with van der Waals surface area (Å²) in [6.07, 6.45) is 0. The Hall–Kier alpha value is -10.8. The summed E-state index contributed by atoms with van der Waals surface area (Å²) in [4.78, 5) is 2.37. The first-order valence-corrected chi connectivity index (χ1v) is 28.2. The number of hydrogen-bond acceptors (Lipinski definition) is 1. The molecule has 0 amide bonds. The topological polar surface area (TPSA) is 8.17 Å². The first-order valence-electron chi connectivity index (χ1n) is 28.2. The lowest BCUT2D eigenvalue weighted by Gasteiger charge is -2.26. The third kappa shape index (κ3) is 8.53. The fourth-order valence-electron chi connectivity index (χ4n) is 12.7. The molecule has 0 saturated heterocycles. The summed E-state index contributed by atoms with van der Waals surface area (Å²) in [5.41, 5.74) is 23.6. The monoisotopic (exact) mass is 1040 g/mol. The van der Waals surface area contributed by atoms with Gasteiger partial charge in [0, 0.05) is 33.5 Å². The molecule has 384 valence electrons. The fourth-order valence-corrected chi connectivity index (χ4v) is 12.7. The quantitative estimate of drug-likeness (QED) is 0.117. The molecule has 15 aromatic rings. The van der Waals surface area contributed by atoms with Crippen molar-refractivity contribution in [1.29, 1.82) is 0 Å². The highest BCUT2D eigenvalue weighted by molar-refractivity contribution is 6.22. The lowest BCUT2D eigenvalue weighted by molar-refractivity contribution is 1.17. The number of benzene rings is 14. The molecule has 1 heterocycles. The van der Waals surface area contributed by atoms with Crippen LogP contribution in [0.15, 0.2) is 328 Å². The predicted molar refractivity (Wildman–Crippen MR) is 349 cm³/mol. The molecule has 0 radical (unpaired) electrons. The van der Waals surface area contributed by atoms with Crippen molar-refractivity contribution in [2.24, 2.45) is 0 Å². The van der Waals surface area contributed by atoms with E-state index in [1.54, 1.807) is 0 Å². The second-order valence-electron chi connectivity index (χ2n) is 21.1. The van der Waals surface area contributed by atoms with E-state index in [1.807, 2.05) is 0 Å². The van der Waals surface area contributed by atoms with Crippen LogP contribution in [0.2, 0.25) is 0 Å². The van der Waals surface area contributed by atoms with E-state index in [2.05, 4.69) is 337 Å². The Morgan fingerprint density at radius 3 is 0.927 bits per heavy atom. The Morgan fingerprint density at radius 2 is 0.500 bits per heavy atom. The minimum atomic E-state index is 1.07. The van der Waals surface area contributed by atoms with Gasteiger partial charge < -0.3 is 9.47 Å². The van der Waals surface area contributed by atoms with Crippen molar-refractivity contribution in [2.75, 3.05) is 4.90 Å². The molecule has 0 N–H and O–H groups in total. The van der Waals surface area contributed by atoms with Gasteiger partial charge in [-0.2, -0.15) is 0 Å². The van der Waals surface area contributed by atoms with Crippen molar-refractivity contribution in [3.8, 4) is 83.6 Å². The number of rotatable bonds is 11. The number of para-hydroxylation sites is 1. The van der Waals surface area contributed by atoms with Gasteiger partial charge in [0.15, 0.2) is 0 Å². The molecule has 14 aromatic carbocycles. The van der Waals surface area contributed by atoms with E-state index in [-0.39, 0.29) is 0 Å². The molecular weight excluding hydrogens is 989 g/mol. The van der Waals surface area contributed by atoms with E-state index in [0.717, 1.165) is 33.8 Å². The van der Waals surface area contributed by atoms with Crippen LogP contribution in [-0.2, 0) is 0 Å². The van der Waals surface area contributed by atoms with Gasteiger partial charge in [0.1, 0.15) is 0 Å². The zero-order valence-electron chi connectivity index (χ0n) is 45.1. The second-order valence-corrected chi connectivity index (χ2v) is 21.1. The minimum Gasteiger partial charge on any atom is -0.311 e. The van der Waals surface area contributed by atoms with Crippen LogP contribution < -0.4 is 4.90 Å². The van der Waals surface area contributed by atoms with E-state index in [0.29, 0.717) is 0 Å². The van der Waals surface area contributed by atoms with Crippen LogP contribution in [0.1, 0.15) is 0 Å². The standard InChI is InChI=1S/C80H54N2/c1-5-23-55(24-6-1)65-31-13-15-34-68(65)59-43-51-77-75(53-59)76-54-60(69-35-16-14-32-66(69)56-25-7-2-8-26-56)44-52-78(76)82(77)64-49-47-63(48-50-64)81(61-29-11-4-12-30-61)62-45-41-58(42-46-62)79-71-37-19-21-39-73(71)80(74-40-22-20-38-72(74)79)70-36-18-17-33-67(70)57-27-9-3-10-28-57/h1-54H. The Labute approximate surface area is 478 Å². The zero-order valence-corrected chi connectivity index (χ0v) is 45.1. The highest BCUT2D eigenvalue weighted by Crippen LogP contribution is 2.48. The van der Waals surface area contributed by atoms with Crippen molar-refractivity contribution in [2.45, 2.75) is 0 Å². The number of fused-ring (bicyclic) bond motifs is 5. The van der Waals surface area contributed by atoms with Gasteiger partial charge in [-0.1, -0.05) is 255 Å². The van der Waals surface area contributed by atoms with Gasteiger partial charge in [-0.3, -0.25) is 0 Å². The summed E-state index contributed by atoms with van der Waals surface area (Å²) in [6, 6.07) is 120. The van der Waals surface area contributed by atoms with Crippen LogP contribution in [-0.4, -0.2) is 4.57 Å². The molecular formula is C80H54N2. The maximum Gasteiger partial charge on any atom is 0.0541 e. The van der Waals surface area contributed by atoms with Crippen molar-refractivity contribution in [3.05, 3.63) is 328 Å². The van der Waals surface area contributed by atoms with E-state index < -0.39 is 0 Å². The molecule has 0 aliphatic rings. The average molecular weight is 1040 g/mol. The van der Waals surface area contributed by atoms with Crippen LogP contribution in [0.4, 0.5) is 17.1 Å². The molecule has 0 spiro atoms. The van der Waals surface area contributed by atoms with Gasteiger partial charge in [0.25, 0.3) is 0 Å². The van der Waals surface area contributed by atoms with E-state index in [9.17, 15) is 0 Å². The second kappa shape index (κ2) is 20.8. The third-order valence-corrected chi connectivity index (χ3v) is 16.4. The van der Waals surface area contributed by atoms with Crippen LogP contribution in [0.25, 0.3) is 127 Å². The minimum absolute atomic E-state index is 1.07. The Kier molecular flexibility index (Phi) is 12.2.